The molecule has 0 aromatic rings. The van der Waals surface area contributed by atoms with Gasteiger partial charge in [0, 0.05) is 0 Å². The minimum Gasteiger partial charge on any atom is -0.390 e. The Balaban J connectivity index is 5.84. The van der Waals surface area contributed by atoms with Crippen LogP contribution in [0.5, 0.6) is 0 Å². The van der Waals surface area contributed by atoms with E-state index in [0.717, 1.165) is 0 Å². The Morgan fingerprint density at radius 3 is 1.18 bits per heavy atom. The van der Waals surface area contributed by atoms with Gasteiger partial charge in [0.1, 0.15) is 6.61 Å². The zero-order chi connectivity index (χ0) is 18.4. The maximum atomic E-state index is 12.8. The van der Waals surface area contributed by atoms with Crippen molar-refractivity contribution in [2.45, 2.75) is 36.2 Å². The van der Waals surface area contributed by atoms with Crippen LogP contribution in [0.25, 0.3) is 0 Å². The summed E-state index contributed by atoms with van der Waals surface area (Å²) in [7, 11) is 0. The lowest BCUT2D eigenvalue weighted by Gasteiger charge is -2.36. The quantitative estimate of drug-likeness (QED) is 0.753. The first-order chi connectivity index (χ1) is 9.27. The molecule has 0 aromatic heterocycles. The monoisotopic (exact) mass is 366 g/mol. The molecule has 0 aliphatic heterocycles. The first kappa shape index (κ1) is 21.0. The van der Waals surface area contributed by atoms with Crippen LogP contribution in [0.2, 0.25) is 0 Å². The summed E-state index contributed by atoms with van der Waals surface area (Å²) >= 11 is 0. The molecule has 0 aliphatic rings. The van der Waals surface area contributed by atoms with E-state index in [2.05, 4.69) is 0 Å². The summed E-state index contributed by atoms with van der Waals surface area (Å²) in [6, 6.07) is 0. The summed E-state index contributed by atoms with van der Waals surface area (Å²) in [5.41, 5.74) is 0. The second-order valence-corrected chi connectivity index (χ2v) is 3.65. The van der Waals surface area contributed by atoms with Crippen LogP contribution in [-0.4, -0.2) is 47.9 Å². The van der Waals surface area contributed by atoms with Gasteiger partial charge in [-0.3, -0.25) is 4.74 Å². The number of rotatable bonds is 5. The molecule has 0 heterocycles. The molecule has 0 amide bonds. The normalized spacial score (nSPS) is 18.3. The van der Waals surface area contributed by atoms with E-state index in [4.69, 9.17) is 5.11 Å². The van der Waals surface area contributed by atoms with Crippen molar-refractivity contribution in [3.05, 3.63) is 0 Å². The Bertz CT molecular complexity index is 396. The van der Waals surface area contributed by atoms with E-state index in [1.165, 1.54) is 0 Å². The van der Waals surface area contributed by atoms with E-state index >= 15 is 0 Å². The van der Waals surface area contributed by atoms with E-state index < -0.39 is 42.8 Å². The predicted molar refractivity (Wildman–Crippen MR) is 39.0 cm³/mol. The van der Waals surface area contributed by atoms with E-state index in [9.17, 15) is 57.1 Å². The summed E-state index contributed by atoms with van der Waals surface area (Å²) < 4.78 is 160. The third kappa shape index (κ3) is 3.18. The van der Waals surface area contributed by atoms with Crippen LogP contribution in [0.3, 0.4) is 0 Å². The molecule has 0 saturated carbocycles. The maximum Gasteiger partial charge on any atom is 0.460 e. The number of halogens is 13. The van der Waals surface area contributed by atoms with Crippen LogP contribution < -0.4 is 0 Å². The molecule has 0 aromatic carbocycles. The number of aliphatic hydroxyl groups is 1. The average molecular weight is 366 g/mol. The van der Waals surface area contributed by atoms with Gasteiger partial charge in [-0.05, 0) is 0 Å². The molecule has 0 rings (SSSR count). The van der Waals surface area contributed by atoms with Crippen LogP contribution in [0.15, 0.2) is 0 Å². The van der Waals surface area contributed by atoms with Gasteiger partial charge in [0.25, 0.3) is 0 Å². The molecular weight excluding hydrogens is 363 g/mol. The topological polar surface area (TPSA) is 29.5 Å². The van der Waals surface area contributed by atoms with E-state index in [0.29, 0.717) is 0 Å². The fraction of sp³-hybridized carbons (Fsp3) is 1.00. The van der Waals surface area contributed by atoms with Gasteiger partial charge < -0.3 is 5.11 Å². The molecule has 0 bridgehead atoms. The molecule has 2 nitrogen and oxygen atoms in total. The standard InChI is InChI=1S/C7H3F13O2/c8-2(1-21,5(13,14)15)22-7(19,20)4(11,12)3(9,10)6(16,17)18/h21H,1H2. The summed E-state index contributed by atoms with van der Waals surface area (Å²) in [4.78, 5) is 0. The van der Waals surface area contributed by atoms with Gasteiger partial charge in [-0.25, -0.2) is 0 Å². The van der Waals surface area contributed by atoms with Gasteiger partial charge in [-0.2, -0.15) is 57.1 Å². The van der Waals surface area contributed by atoms with Crippen LogP contribution in [0.1, 0.15) is 0 Å². The summed E-state index contributed by atoms with van der Waals surface area (Å²) in [6.07, 6.45) is -21.2. The number of aliphatic hydroxyl groups excluding tert-OH is 1. The Kier molecular flexibility index (Phi) is 5.04. The van der Waals surface area contributed by atoms with Crippen LogP contribution in [-0.2, 0) is 4.74 Å². The molecule has 1 atom stereocenters. The third-order valence-corrected chi connectivity index (χ3v) is 2.03. The van der Waals surface area contributed by atoms with Crippen LogP contribution in [0, 0.1) is 0 Å². The number of alkyl halides is 13. The highest BCUT2D eigenvalue weighted by atomic mass is 19.4. The number of hydrogen-bond donors (Lipinski definition) is 1. The summed E-state index contributed by atoms with van der Waals surface area (Å²) in [5, 5.41) is 7.90. The van der Waals surface area contributed by atoms with E-state index in [1.807, 2.05) is 0 Å². The fourth-order valence-corrected chi connectivity index (χ4v) is 0.808. The average Bonchev–Trinajstić information content (AvgIpc) is 2.24. The molecule has 22 heavy (non-hydrogen) atoms. The maximum absolute atomic E-state index is 12.8. The number of ether oxygens (including phenoxy) is 1. The zero-order valence-electron chi connectivity index (χ0n) is 9.48. The summed E-state index contributed by atoms with van der Waals surface area (Å²) in [6.45, 7) is -3.11. The molecule has 134 valence electrons. The lowest BCUT2D eigenvalue weighted by molar-refractivity contribution is -0.492. The van der Waals surface area contributed by atoms with Crippen LogP contribution in [0.4, 0.5) is 57.1 Å². The minimum atomic E-state index is -7.62. The lowest BCUT2D eigenvalue weighted by atomic mass is 10.1. The summed E-state index contributed by atoms with van der Waals surface area (Å²) in [5.74, 6) is -21.2. The molecular formula is C7H3F13O2. The fourth-order valence-electron chi connectivity index (χ4n) is 0.808. The molecule has 1 unspecified atom stereocenters. The molecule has 0 saturated heterocycles. The minimum absolute atomic E-state index is 1.78. The van der Waals surface area contributed by atoms with E-state index in [1.54, 1.807) is 4.74 Å². The van der Waals surface area contributed by atoms with Crippen molar-refractivity contribution < 1.29 is 66.9 Å². The van der Waals surface area contributed by atoms with Crippen molar-refractivity contribution >= 4 is 0 Å². The van der Waals surface area contributed by atoms with E-state index in [-0.39, 0.29) is 0 Å². The number of hydrogen-bond acceptors (Lipinski definition) is 2. The van der Waals surface area contributed by atoms with Gasteiger partial charge in [-0.1, -0.05) is 0 Å². The molecule has 1 N–H and O–H groups in total. The van der Waals surface area contributed by atoms with Gasteiger partial charge in [0.15, 0.2) is 0 Å². The smallest absolute Gasteiger partial charge is 0.390 e. The SMILES string of the molecule is OCC(F)(OC(F)(F)C(F)(F)C(F)(F)C(F)(F)F)C(F)(F)F. The second-order valence-electron chi connectivity index (χ2n) is 3.65. The van der Waals surface area contributed by atoms with Crippen LogP contribution >= 0.6 is 0 Å². The molecule has 0 radical (unpaired) electrons. The highest BCUT2D eigenvalue weighted by Crippen LogP contribution is 2.55. The molecule has 15 heteroatoms. The largest absolute Gasteiger partial charge is 0.460 e. The van der Waals surface area contributed by atoms with Crippen molar-refractivity contribution in [1.82, 2.24) is 0 Å². The Hall–Kier alpha value is -0.990. The molecule has 0 fully saturated rings. The lowest BCUT2D eigenvalue weighted by Crippen LogP contribution is -2.65. The third-order valence-electron chi connectivity index (χ3n) is 2.03. The Morgan fingerprint density at radius 1 is 0.591 bits per heavy atom. The second kappa shape index (κ2) is 5.28. The first-order valence-corrected chi connectivity index (χ1v) is 4.53. The van der Waals surface area contributed by atoms with Gasteiger partial charge >= 0.3 is 36.2 Å². The molecule has 0 aliphatic carbocycles. The van der Waals surface area contributed by atoms with Crippen molar-refractivity contribution in [2.24, 2.45) is 0 Å². The highest BCUT2D eigenvalue weighted by molar-refractivity contribution is 4.98. The predicted octanol–water partition coefficient (Wildman–Crippen LogP) is 3.65. The Labute approximate surface area is 111 Å². The van der Waals surface area contributed by atoms with Crippen molar-refractivity contribution in [2.75, 3.05) is 6.61 Å². The van der Waals surface area contributed by atoms with Gasteiger partial charge in [0.05, 0.1) is 0 Å². The first-order valence-electron chi connectivity index (χ1n) is 4.53. The molecule has 0 spiro atoms. The van der Waals surface area contributed by atoms with Crippen molar-refractivity contribution in [1.29, 1.82) is 0 Å². The van der Waals surface area contributed by atoms with Crippen molar-refractivity contribution in [3.8, 4) is 0 Å². The zero-order valence-corrected chi connectivity index (χ0v) is 9.48. The Morgan fingerprint density at radius 2 is 0.955 bits per heavy atom. The van der Waals surface area contributed by atoms with Gasteiger partial charge in [-0.15, -0.1) is 0 Å². The highest BCUT2D eigenvalue weighted by Gasteiger charge is 2.84. The van der Waals surface area contributed by atoms with Gasteiger partial charge in [0.2, 0.25) is 0 Å². The van der Waals surface area contributed by atoms with Crippen molar-refractivity contribution in [3.63, 3.8) is 0 Å².